The van der Waals surface area contributed by atoms with Crippen LogP contribution < -0.4 is 9.47 Å². The molecule has 0 N–H and O–H groups in total. The third-order valence-corrected chi connectivity index (χ3v) is 4.05. The summed E-state index contributed by atoms with van der Waals surface area (Å²) < 4.78 is 15.6. The summed E-state index contributed by atoms with van der Waals surface area (Å²) in [4.78, 5) is 24.8. The Morgan fingerprint density at radius 3 is 2.24 bits per heavy atom. The lowest BCUT2D eigenvalue weighted by Crippen LogP contribution is -2.32. The molecule has 0 unspecified atom stereocenters. The van der Waals surface area contributed by atoms with Crippen LogP contribution in [-0.4, -0.2) is 32.6 Å². The van der Waals surface area contributed by atoms with E-state index in [1.54, 1.807) is 32.0 Å². The normalized spacial score (nSPS) is 10.9. The molecule has 0 saturated heterocycles. The Morgan fingerprint density at radius 2 is 1.64 bits per heavy atom. The molecule has 2 rings (SSSR count). The molecule has 0 aliphatic rings. The van der Waals surface area contributed by atoms with E-state index in [4.69, 9.17) is 14.2 Å². The highest BCUT2D eigenvalue weighted by Gasteiger charge is 2.32. The van der Waals surface area contributed by atoms with Crippen molar-refractivity contribution in [2.75, 3.05) is 20.8 Å². The van der Waals surface area contributed by atoms with Gasteiger partial charge in [-0.2, -0.15) is 0 Å². The molecule has 0 spiro atoms. The molecular weight excluding hydrogens is 320 g/mol. The maximum atomic E-state index is 12.4. The van der Waals surface area contributed by atoms with Crippen molar-refractivity contribution in [1.29, 1.82) is 0 Å². The second-order valence-electron chi connectivity index (χ2n) is 6.06. The summed E-state index contributed by atoms with van der Waals surface area (Å²) in [5.74, 6) is 0.162. The highest BCUT2D eigenvalue weighted by Crippen LogP contribution is 2.27. The van der Waals surface area contributed by atoms with Crippen LogP contribution >= 0.6 is 0 Å². The molecule has 0 aliphatic carbocycles. The van der Waals surface area contributed by atoms with Crippen LogP contribution in [0.4, 0.5) is 0 Å². The van der Waals surface area contributed by atoms with Gasteiger partial charge in [0.15, 0.2) is 6.61 Å². The van der Waals surface area contributed by atoms with E-state index in [0.29, 0.717) is 17.1 Å². The lowest BCUT2D eigenvalue weighted by atomic mass is 9.85. The molecule has 0 aliphatic heterocycles. The van der Waals surface area contributed by atoms with Crippen LogP contribution in [0.3, 0.4) is 0 Å². The molecule has 0 radical (unpaired) electrons. The fraction of sp³-hybridized carbons (Fsp3) is 0.300. The Bertz CT molecular complexity index is 750. The molecule has 25 heavy (non-hydrogen) atoms. The number of rotatable bonds is 7. The lowest BCUT2D eigenvalue weighted by molar-refractivity contribution is -0.148. The smallest absolute Gasteiger partial charge is 0.316 e. The third kappa shape index (κ3) is 4.18. The van der Waals surface area contributed by atoms with Gasteiger partial charge < -0.3 is 14.2 Å². The van der Waals surface area contributed by atoms with E-state index in [-0.39, 0.29) is 12.4 Å². The van der Waals surface area contributed by atoms with Gasteiger partial charge in [-0.25, -0.2) is 0 Å². The van der Waals surface area contributed by atoms with E-state index < -0.39 is 11.4 Å². The number of hydrogen-bond donors (Lipinski definition) is 0. The maximum Gasteiger partial charge on any atom is 0.316 e. The minimum Gasteiger partial charge on any atom is -0.497 e. The van der Waals surface area contributed by atoms with Crippen LogP contribution in [0.15, 0.2) is 48.5 Å². The summed E-state index contributed by atoms with van der Waals surface area (Å²) in [7, 11) is 3.00. The van der Waals surface area contributed by atoms with E-state index in [2.05, 4.69) is 0 Å². The van der Waals surface area contributed by atoms with Gasteiger partial charge >= 0.3 is 5.97 Å². The van der Waals surface area contributed by atoms with Crippen LogP contribution in [0, 0.1) is 0 Å². The van der Waals surface area contributed by atoms with Crippen molar-refractivity contribution in [3.63, 3.8) is 0 Å². The number of ether oxygens (including phenoxy) is 3. The minimum absolute atomic E-state index is 0.336. The van der Waals surface area contributed by atoms with Crippen LogP contribution in [0.2, 0.25) is 0 Å². The number of ketones is 1. The standard InChI is InChI=1S/C20H22O5/c1-20(2,14-8-6-5-7-9-14)19(22)25-13-17(21)16-11-10-15(23-3)12-18(16)24-4/h5-12H,13H2,1-4H3. The van der Waals surface area contributed by atoms with Gasteiger partial charge in [-0.3, -0.25) is 9.59 Å². The topological polar surface area (TPSA) is 61.8 Å². The van der Waals surface area contributed by atoms with Gasteiger partial charge in [0, 0.05) is 6.07 Å². The molecule has 0 heterocycles. The van der Waals surface area contributed by atoms with Crippen molar-refractivity contribution < 1.29 is 23.8 Å². The molecule has 0 bridgehead atoms. The fourth-order valence-electron chi connectivity index (χ4n) is 2.39. The highest BCUT2D eigenvalue weighted by molar-refractivity contribution is 6.01. The molecule has 2 aromatic rings. The summed E-state index contributed by atoms with van der Waals surface area (Å²) in [6.07, 6.45) is 0. The summed E-state index contributed by atoms with van der Waals surface area (Å²) in [5, 5.41) is 0. The Kier molecular flexibility index (Phi) is 5.80. The van der Waals surface area contributed by atoms with Crippen molar-refractivity contribution in [2.24, 2.45) is 0 Å². The van der Waals surface area contributed by atoms with Gasteiger partial charge in [0.25, 0.3) is 0 Å². The predicted molar refractivity (Wildman–Crippen MR) is 94.3 cm³/mol. The predicted octanol–water partition coefficient (Wildman–Crippen LogP) is 3.41. The van der Waals surface area contributed by atoms with Crippen molar-refractivity contribution >= 4 is 11.8 Å². The minimum atomic E-state index is -0.842. The van der Waals surface area contributed by atoms with E-state index in [1.165, 1.54) is 14.2 Å². The Balaban J connectivity index is 2.08. The molecule has 0 aromatic heterocycles. The second kappa shape index (κ2) is 7.83. The zero-order valence-electron chi connectivity index (χ0n) is 14.9. The van der Waals surface area contributed by atoms with Crippen LogP contribution in [0.1, 0.15) is 29.8 Å². The molecule has 5 heteroatoms. The van der Waals surface area contributed by atoms with Crippen molar-refractivity contribution in [3.8, 4) is 11.5 Å². The van der Waals surface area contributed by atoms with Crippen molar-refractivity contribution in [3.05, 3.63) is 59.7 Å². The SMILES string of the molecule is COc1ccc(C(=O)COC(=O)C(C)(C)c2ccccc2)c(OC)c1. The number of esters is 1. The molecule has 132 valence electrons. The molecule has 5 nitrogen and oxygen atoms in total. The fourth-order valence-corrected chi connectivity index (χ4v) is 2.39. The van der Waals surface area contributed by atoms with Crippen LogP contribution in [0.25, 0.3) is 0 Å². The third-order valence-electron chi connectivity index (χ3n) is 4.05. The average molecular weight is 342 g/mol. The zero-order chi connectivity index (χ0) is 18.4. The first-order valence-corrected chi connectivity index (χ1v) is 7.88. The van der Waals surface area contributed by atoms with Gasteiger partial charge in [-0.15, -0.1) is 0 Å². The second-order valence-corrected chi connectivity index (χ2v) is 6.06. The first-order valence-electron chi connectivity index (χ1n) is 7.88. The van der Waals surface area contributed by atoms with Gasteiger partial charge in [0.2, 0.25) is 5.78 Å². The summed E-state index contributed by atoms with van der Waals surface area (Å²) in [6, 6.07) is 14.2. The number of methoxy groups -OCH3 is 2. The van der Waals surface area contributed by atoms with Gasteiger partial charge in [-0.1, -0.05) is 30.3 Å². The number of carbonyl (C=O) groups excluding carboxylic acids is 2. The molecule has 0 fully saturated rings. The number of Topliss-reactive ketones (excluding diaryl/α,β-unsaturated/α-hetero) is 1. The summed E-state index contributed by atoms with van der Waals surface area (Å²) >= 11 is 0. The molecular formula is C20H22O5. The summed E-state index contributed by atoms with van der Waals surface area (Å²) in [5.41, 5.74) is 0.328. The van der Waals surface area contributed by atoms with E-state index in [9.17, 15) is 9.59 Å². The van der Waals surface area contributed by atoms with Gasteiger partial charge in [0.1, 0.15) is 11.5 Å². The quantitative estimate of drug-likeness (QED) is 0.570. The van der Waals surface area contributed by atoms with Crippen molar-refractivity contribution in [2.45, 2.75) is 19.3 Å². The molecule has 0 atom stereocenters. The highest BCUT2D eigenvalue weighted by atomic mass is 16.5. The van der Waals surface area contributed by atoms with Gasteiger partial charge in [-0.05, 0) is 31.5 Å². The van der Waals surface area contributed by atoms with Crippen LogP contribution in [0.5, 0.6) is 11.5 Å². The Hall–Kier alpha value is -2.82. The number of hydrogen-bond acceptors (Lipinski definition) is 5. The Labute approximate surface area is 147 Å². The number of benzene rings is 2. The molecule has 0 amide bonds. The Morgan fingerprint density at radius 1 is 0.960 bits per heavy atom. The van der Waals surface area contributed by atoms with E-state index >= 15 is 0 Å². The van der Waals surface area contributed by atoms with Gasteiger partial charge in [0.05, 0.1) is 25.2 Å². The molecule has 0 saturated carbocycles. The zero-order valence-corrected chi connectivity index (χ0v) is 14.9. The average Bonchev–Trinajstić information content (AvgIpc) is 2.65. The summed E-state index contributed by atoms with van der Waals surface area (Å²) in [6.45, 7) is 3.18. The van der Waals surface area contributed by atoms with E-state index in [1.807, 2.05) is 30.3 Å². The molecule has 2 aromatic carbocycles. The van der Waals surface area contributed by atoms with Crippen LogP contribution in [-0.2, 0) is 14.9 Å². The van der Waals surface area contributed by atoms with E-state index in [0.717, 1.165) is 5.56 Å². The number of carbonyl (C=O) groups is 2. The first-order chi connectivity index (χ1) is 11.9. The van der Waals surface area contributed by atoms with Crippen molar-refractivity contribution in [1.82, 2.24) is 0 Å². The first kappa shape index (κ1) is 18.5. The monoisotopic (exact) mass is 342 g/mol. The maximum absolute atomic E-state index is 12.4. The lowest BCUT2D eigenvalue weighted by Gasteiger charge is -2.23. The largest absolute Gasteiger partial charge is 0.497 e.